The highest BCUT2D eigenvalue weighted by Crippen LogP contribution is 2.29. The second-order valence-electron chi connectivity index (χ2n) is 4.79. The number of anilines is 1. The van der Waals surface area contributed by atoms with E-state index < -0.39 is 0 Å². The minimum Gasteiger partial charge on any atom is -0.378 e. The van der Waals surface area contributed by atoms with Crippen LogP contribution in [0.15, 0.2) is 48.8 Å². The van der Waals surface area contributed by atoms with Gasteiger partial charge in [0.25, 0.3) is 0 Å². The zero-order valence-electron chi connectivity index (χ0n) is 11.3. The Morgan fingerprint density at radius 1 is 0.952 bits per heavy atom. The lowest BCUT2D eigenvalue weighted by Gasteiger charge is -2.17. The fourth-order valence-corrected chi connectivity index (χ4v) is 2.69. The summed E-state index contributed by atoms with van der Waals surface area (Å²) < 4.78 is 0. The molecule has 1 aromatic heterocycles. The second-order valence-corrected chi connectivity index (χ2v) is 5.64. The van der Waals surface area contributed by atoms with Crippen LogP contribution in [-0.4, -0.2) is 9.97 Å². The van der Waals surface area contributed by atoms with Gasteiger partial charge in [-0.15, -0.1) is 0 Å². The van der Waals surface area contributed by atoms with Crippen molar-refractivity contribution in [2.75, 3.05) is 5.32 Å². The van der Waals surface area contributed by atoms with E-state index in [9.17, 15) is 0 Å². The van der Waals surface area contributed by atoms with Gasteiger partial charge >= 0.3 is 0 Å². The van der Waals surface area contributed by atoms with E-state index >= 15 is 0 Å². The molecule has 0 saturated carbocycles. The Labute approximate surface area is 132 Å². The number of fused-ring (bicyclic) bond motifs is 1. The topological polar surface area (TPSA) is 37.8 Å². The van der Waals surface area contributed by atoms with Crippen LogP contribution in [0, 0.1) is 0 Å². The number of hydrogen-bond donors (Lipinski definition) is 1. The summed E-state index contributed by atoms with van der Waals surface area (Å²) in [7, 11) is 0. The lowest BCUT2D eigenvalue weighted by atomic mass is 10.1. The summed E-state index contributed by atoms with van der Waals surface area (Å²) in [5.41, 5.74) is 3.65. The molecular formula is C16H13Cl2N3. The molecule has 1 heterocycles. The fraction of sp³-hybridized carbons (Fsp3) is 0.125. The van der Waals surface area contributed by atoms with Crippen molar-refractivity contribution in [1.29, 1.82) is 0 Å². The van der Waals surface area contributed by atoms with Crippen molar-refractivity contribution in [3.63, 3.8) is 0 Å². The van der Waals surface area contributed by atoms with E-state index in [4.69, 9.17) is 23.2 Å². The first kappa shape index (κ1) is 14.1. The lowest BCUT2D eigenvalue weighted by molar-refractivity contribution is 0.885. The Kier molecular flexibility index (Phi) is 3.95. The predicted octanol–water partition coefficient (Wildman–Crippen LogP) is 5.11. The molecule has 106 valence electrons. The maximum Gasteiger partial charge on any atom is 0.0907 e. The van der Waals surface area contributed by atoms with Crippen LogP contribution in [0.1, 0.15) is 18.5 Å². The SMILES string of the molecule is CC(Nc1ccc2nccnc2c1)c1cc(Cl)ccc1Cl. The van der Waals surface area contributed by atoms with Crippen LogP contribution in [0.25, 0.3) is 11.0 Å². The predicted molar refractivity (Wildman–Crippen MR) is 88.0 cm³/mol. The van der Waals surface area contributed by atoms with Gasteiger partial charge in [-0.3, -0.25) is 9.97 Å². The molecule has 1 N–H and O–H groups in total. The van der Waals surface area contributed by atoms with Crippen LogP contribution < -0.4 is 5.32 Å². The lowest BCUT2D eigenvalue weighted by Crippen LogP contribution is -2.07. The van der Waals surface area contributed by atoms with Crippen molar-refractivity contribution in [3.05, 3.63) is 64.4 Å². The average molecular weight is 318 g/mol. The molecule has 3 aromatic rings. The molecule has 0 bridgehead atoms. The van der Waals surface area contributed by atoms with Gasteiger partial charge in [-0.1, -0.05) is 23.2 Å². The van der Waals surface area contributed by atoms with Crippen LogP contribution in [0.3, 0.4) is 0 Å². The minimum absolute atomic E-state index is 0.0327. The highest BCUT2D eigenvalue weighted by atomic mass is 35.5. The monoisotopic (exact) mass is 317 g/mol. The number of aromatic nitrogens is 2. The molecule has 0 aliphatic heterocycles. The van der Waals surface area contributed by atoms with Crippen molar-refractivity contribution in [2.45, 2.75) is 13.0 Å². The second kappa shape index (κ2) is 5.88. The smallest absolute Gasteiger partial charge is 0.0907 e. The first-order valence-electron chi connectivity index (χ1n) is 6.56. The molecule has 2 aromatic carbocycles. The third-order valence-electron chi connectivity index (χ3n) is 3.28. The van der Waals surface area contributed by atoms with E-state index in [1.54, 1.807) is 18.5 Å². The van der Waals surface area contributed by atoms with Crippen LogP contribution in [0.4, 0.5) is 5.69 Å². The van der Waals surface area contributed by atoms with Crippen LogP contribution in [0.2, 0.25) is 10.0 Å². The van der Waals surface area contributed by atoms with E-state index in [0.717, 1.165) is 22.3 Å². The summed E-state index contributed by atoms with van der Waals surface area (Å²) in [6, 6.07) is 11.4. The molecule has 3 nitrogen and oxygen atoms in total. The zero-order chi connectivity index (χ0) is 14.8. The van der Waals surface area contributed by atoms with Gasteiger partial charge in [-0.05, 0) is 48.9 Å². The van der Waals surface area contributed by atoms with Gasteiger partial charge in [0.2, 0.25) is 0 Å². The number of halogens is 2. The molecule has 0 spiro atoms. The van der Waals surface area contributed by atoms with Crippen molar-refractivity contribution in [2.24, 2.45) is 0 Å². The minimum atomic E-state index is 0.0327. The molecule has 1 unspecified atom stereocenters. The van der Waals surface area contributed by atoms with Gasteiger partial charge in [0.05, 0.1) is 17.1 Å². The van der Waals surface area contributed by atoms with Crippen molar-refractivity contribution in [1.82, 2.24) is 9.97 Å². The van der Waals surface area contributed by atoms with Crippen LogP contribution in [0.5, 0.6) is 0 Å². The third-order valence-corrected chi connectivity index (χ3v) is 3.86. The van der Waals surface area contributed by atoms with Crippen molar-refractivity contribution >= 4 is 39.9 Å². The zero-order valence-corrected chi connectivity index (χ0v) is 12.9. The van der Waals surface area contributed by atoms with Crippen molar-refractivity contribution < 1.29 is 0 Å². The number of benzene rings is 2. The Hall–Kier alpha value is -1.84. The molecule has 0 aliphatic rings. The number of rotatable bonds is 3. The van der Waals surface area contributed by atoms with Gasteiger partial charge in [0, 0.05) is 28.1 Å². The average Bonchev–Trinajstić information content (AvgIpc) is 2.49. The first-order chi connectivity index (χ1) is 10.1. The standard InChI is InChI=1S/C16H13Cl2N3/c1-10(13-8-11(17)2-4-14(13)18)21-12-3-5-15-16(9-12)20-7-6-19-15/h2-10,21H,1H3. The third kappa shape index (κ3) is 3.09. The number of hydrogen-bond acceptors (Lipinski definition) is 3. The highest BCUT2D eigenvalue weighted by Gasteiger charge is 2.10. The quantitative estimate of drug-likeness (QED) is 0.729. The van der Waals surface area contributed by atoms with Crippen molar-refractivity contribution in [3.8, 4) is 0 Å². The maximum atomic E-state index is 6.23. The van der Waals surface area contributed by atoms with Crippen LogP contribution >= 0.6 is 23.2 Å². The highest BCUT2D eigenvalue weighted by molar-refractivity contribution is 6.33. The normalized spacial score (nSPS) is 12.3. The van der Waals surface area contributed by atoms with E-state index in [1.165, 1.54) is 0 Å². The van der Waals surface area contributed by atoms with E-state index in [1.807, 2.05) is 37.3 Å². The Balaban J connectivity index is 1.88. The molecule has 3 rings (SSSR count). The van der Waals surface area contributed by atoms with Gasteiger partial charge in [0.1, 0.15) is 0 Å². The summed E-state index contributed by atoms with van der Waals surface area (Å²) in [5, 5.41) is 4.78. The fourth-order valence-electron chi connectivity index (χ4n) is 2.23. The van der Waals surface area contributed by atoms with Gasteiger partial charge < -0.3 is 5.32 Å². The molecule has 0 radical (unpaired) electrons. The molecule has 0 saturated heterocycles. The molecule has 21 heavy (non-hydrogen) atoms. The molecular weight excluding hydrogens is 305 g/mol. The molecule has 1 atom stereocenters. The number of nitrogens with zero attached hydrogens (tertiary/aromatic N) is 2. The summed E-state index contributed by atoms with van der Waals surface area (Å²) in [6.45, 7) is 2.04. The molecule has 0 fully saturated rings. The van der Waals surface area contributed by atoms with E-state index in [-0.39, 0.29) is 6.04 Å². The van der Waals surface area contributed by atoms with E-state index in [2.05, 4.69) is 15.3 Å². The Morgan fingerprint density at radius 3 is 2.52 bits per heavy atom. The van der Waals surface area contributed by atoms with E-state index in [0.29, 0.717) is 10.0 Å². The molecule has 0 amide bonds. The number of nitrogens with one attached hydrogen (secondary N) is 1. The Bertz CT molecular complexity index is 789. The molecule has 0 aliphatic carbocycles. The summed E-state index contributed by atoms with van der Waals surface area (Å²) in [6.07, 6.45) is 3.37. The summed E-state index contributed by atoms with van der Waals surface area (Å²) >= 11 is 12.3. The van der Waals surface area contributed by atoms with Gasteiger partial charge in [-0.25, -0.2) is 0 Å². The van der Waals surface area contributed by atoms with Crippen LogP contribution in [-0.2, 0) is 0 Å². The summed E-state index contributed by atoms with van der Waals surface area (Å²) in [4.78, 5) is 8.56. The largest absolute Gasteiger partial charge is 0.378 e. The van der Waals surface area contributed by atoms with Gasteiger partial charge in [0.15, 0.2) is 0 Å². The first-order valence-corrected chi connectivity index (χ1v) is 7.31. The maximum absolute atomic E-state index is 6.23. The summed E-state index contributed by atoms with van der Waals surface area (Å²) in [5.74, 6) is 0. The molecule has 5 heteroatoms. The van der Waals surface area contributed by atoms with Gasteiger partial charge in [-0.2, -0.15) is 0 Å². The Morgan fingerprint density at radius 2 is 1.71 bits per heavy atom.